The molecule has 0 radical (unpaired) electrons. The van der Waals surface area contributed by atoms with E-state index in [9.17, 15) is 0 Å². The maximum absolute atomic E-state index is 5.16. The number of aromatic nitrogens is 2. The van der Waals surface area contributed by atoms with Gasteiger partial charge in [-0.3, -0.25) is 0 Å². The first-order valence-electron chi connectivity index (χ1n) is 4.76. The third-order valence-electron chi connectivity index (χ3n) is 2.22. The lowest BCUT2D eigenvalue weighted by atomic mass is 10.3. The minimum absolute atomic E-state index is 0.175. The van der Waals surface area contributed by atoms with E-state index in [2.05, 4.69) is 15.3 Å². The SMILES string of the molecule is COC(C)CNc1ncnc2sccc12. The second-order valence-corrected chi connectivity index (χ2v) is 4.18. The molecule has 0 amide bonds. The molecule has 0 saturated heterocycles. The molecule has 2 aromatic heterocycles. The van der Waals surface area contributed by atoms with Crippen LogP contribution in [-0.2, 0) is 4.74 Å². The average molecular weight is 223 g/mol. The predicted molar refractivity (Wildman–Crippen MR) is 62.4 cm³/mol. The molecule has 5 heteroatoms. The van der Waals surface area contributed by atoms with Crippen LogP contribution in [0.1, 0.15) is 6.92 Å². The van der Waals surface area contributed by atoms with Gasteiger partial charge in [-0.1, -0.05) is 0 Å². The van der Waals surface area contributed by atoms with Crippen LogP contribution in [0.2, 0.25) is 0 Å². The molecule has 4 nitrogen and oxygen atoms in total. The summed E-state index contributed by atoms with van der Waals surface area (Å²) in [5.41, 5.74) is 0. The summed E-state index contributed by atoms with van der Waals surface area (Å²) in [4.78, 5) is 9.41. The fourth-order valence-electron chi connectivity index (χ4n) is 1.25. The largest absolute Gasteiger partial charge is 0.380 e. The third kappa shape index (κ3) is 2.24. The van der Waals surface area contributed by atoms with Gasteiger partial charge in [-0.2, -0.15) is 0 Å². The Morgan fingerprint density at radius 3 is 3.20 bits per heavy atom. The molecule has 0 saturated carbocycles. The summed E-state index contributed by atoms with van der Waals surface area (Å²) < 4.78 is 5.16. The van der Waals surface area contributed by atoms with Gasteiger partial charge in [-0.05, 0) is 18.4 Å². The second-order valence-electron chi connectivity index (χ2n) is 3.29. The van der Waals surface area contributed by atoms with Crippen LogP contribution < -0.4 is 5.32 Å². The van der Waals surface area contributed by atoms with Gasteiger partial charge in [0.15, 0.2) is 0 Å². The van der Waals surface area contributed by atoms with Crippen LogP contribution in [0, 0.1) is 0 Å². The fraction of sp³-hybridized carbons (Fsp3) is 0.400. The van der Waals surface area contributed by atoms with Crippen LogP contribution in [0.4, 0.5) is 5.82 Å². The molecule has 0 aliphatic carbocycles. The number of hydrogen-bond acceptors (Lipinski definition) is 5. The van der Waals surface area contributed by atoms with E-state index in [4.69, 9.17) is 4.74 Å². The Morgan fingerprint density at radius 2 is 2.40 bits per heavy atom. The molecular formula is C10H13N3OS. The molecule has 0 aromatic carbocycles. The van der Waals surface area contributed by atoms with Crippen LogP contribution in [0.25, 0.3) is 10.2 Å². The van der Waals surface area contributed by atoms with Crippen molar-refractivity contribution < 1.29 is 4.74 Å². The number of nitrogens with one attached hydrogen (secondary N) is 1. The summed E-state index contributed by atoms with van der Waals surface area (Å²) in [6.45, 7) is 2.76. The van der Waals surface area contributed by atoms with Gasteiger partial charge in [-0.25, -0.2) is 9.97 Å². The lowest BCUT2D eigenvalue weighted by Gasteiger charge is -2.11. The van der Waals surface area contributed by atoms with Crippen molar-refractivity contribution in [3.8, 4) is 0 Å². The van der Waals surface area contributed by atoms with Crippen molar-refractivity contribution in [3.63, 3.8) is 0 Å². The number of nitrogens with zero attached hydrogens (tertiary/aromatic N) is 2. The zero-order chi connectivity index (χ0) is 10.7. The molecular weight excluding hydrogens is 210 g/mol. The molecule has 0 fully saturated rings. The number of hydrogen-bond donors (Lipinski definition) is 1. The Kier molecular flexibility index (Phi) is 3.13. The van der Waals surface area contributed by atoms with Crippen LogP contribution in [0.3, 0.4) is 0 Å². The Balaban J connectivity index is 2.17. The first-order chi connectivity index (χ1) is 7.31. The number of methoxy groups -OCH3 is 1. The van der Waals surface area contributed by atoms with E-state index < -0.39 is 0 Å². The van der Waals surface area contributed by atoms with Crippen molar-refractivity contribution in [3.05, 3.63) is 17.8 Å². The molecule has 1 unspecified atom stereocenters. The van der Waals surface area contributed by atoms with E-state index in [0.29, 0.717) is 0 Å². The maximum Gasteiger partial charge on any atom is 0.138 e. The minimum atomic E-state index is 0.175. The number of ether oxygens (including phenoxy) is 1. The fourth-order valence-corrected chi connectivity index (χ4v) is 1.99. The van der Waals surface area contributed by atoms with E-state index >= 15 is 0 Å². The molecule has 2 rings (SSSR count). The molecule has 80 valence electrons. The number of thiophene rings is 1. The molecule has 0 bridgehead atoms. The second kappa shape index (κ2) is 4.55. The average Bonchev–Trinajstić information content (AvgIpc) is 2.74. The highest BCUT2D eigenvalue weighted by molar-refractivity contribution is 7.16. The summed E-state index contributed by atoms with van der Waals surface area (Å²) in [6, 6.07) is 2.03. The number of rotatable bonds is 4. The first-order valence-corrected chi connectivity index (χ1v) is 5.64. The zero-order valence-electron chi connectivity index (χ0n) is 8.73. The summed E-state index contributed by atoms with van der Waals surface area (Å²) >= 11 is 1.62. The normalized spacial score (nSPS) is 12.9. The molecule has 0 aliphatic rings. The lowest BCUT2D eigenvalue weighted by Crippen LogP contribution is -2.18. The summed E-state index contributed by atoms with van der Waals surface area (Å²) in [6.07, 6.45) is 1.76. The van der Waals surface area contributed by atoms with Crippen molar-refractivity contribution in [2.75, 3.05) is 19.0 Å². The molecule has 0 spiro atoms. The van der Waals surface area contributed by atoms with Crippen molar-refractivity contribution in [1.29, 1.82) is 0 Å². The van der Waals surface area contributed by atoms with Crippen molar-refractivity contribution in [2.24, 2.45) is 0 Å². The summed E-state index contributed by atoms with van der Waals surface area (Å²) in [7, 11) is 1.70. The Bertz CT molecular complexity index is 443. The topological polar surface area (TPSA) is 47.0 Å². The van der Waals surface area contributed by atoms with Crippen molar-refractivity contribution in [2.45, 2.75) is 13.0 Å². The summed E-state index contributed by atoms with van der Waals surface area (Å²) in [5, 5.41) is 6.35. The highest BCUT2D eigenvalue weighted by atomic mass is 32.1. The molecule has 0 aliphatic heterocycles. The van der Waals surface area contributed by atoms with Crippen molar-refractivity contribution >= 4 is 27.4 Å². The highest BCUT2D eigenvalue weighted by Gasteiger charge is 2.05. The van der Waals surface area contributed by atoms with Gasteiger partial charge in [0.05, 0.1) is 11.5 Å². The van der Waals surface area contributed by atoms with E-state index in [0.717, 1.165) is 22.6 Å². The van der Waals surface area contributed by atoms with E-state index in [1.807, 2.05) is 18.4 Å². The Morgan fingerprint density at radius 1 is 1.53 bits per heavy atom. The smallest absolute Gasteiger partial charge is 0.138 e. The molecule has 15 heavy (non-hydrogen) atoms. The van der Waals surface area contributed by atoms with E-state index in [1.54, 1.807) is 24.8 Å². The van der Waals surface area contributed by atoms with Gasteiger partial charge in [0.25, 0.3) is 0 Å². The lowest BCUT2D eigenvalue weighted by molar-refractivity contribution is 0.128. The predicted octanol–water partition coefficient (Wildman–Crippen LogP) is 2.14. The third-order valence-corrected chi connectivity index (χ3v) is 3.04. The molecule has 1 atom stereocenters. The zero-order valence-corrected chi connectivity index (χ0v) is 9.54. The highest BCUT2D eigenvalue weighted by Crippen LogP contribution is 2.23. The minimum Gasteiger partial charge on any atom is -0.380 e. The standard InChI is InChI=1S/C10H13N3OS/c1-7(14-2)5-11-9-8-3-4-15-10(8)13-6-12-9/h3-4,6-7H,5H2,1-2H3,(H,11,12,13). The quantitative estimate of drug-likeness (QED) is 0.862. The van der Waals surface area contributed by atoms with Crippen LogP contribution >= 0.6 is 11.3 Å². The van der Waals surface area contributed by atoms with Gasteiger partial charge in [0.1, 0.15) is 17.0 Å². The Labute approximate surface area is 92.3 Å². The van der Waals surface area contributed by atoms with Crippen LogP contribution in [0.15, 0.2) is 17.8 Å². The van der Waals surface area contributed by atoms with Gasteiger partial charge in [-0.15, -0.1) is 11.3 Å². The molecule has 1 N–H and O–H groups in total. The first kappa shape index (κ1) is 10.3. The molecule has 2 aromatic rings. The van der Waals surface area contributed by atoms with Gasteiger partial charge < -0.3 is 10.1 Å². The van der Waals surface area contributed by atoms with Gasteiger partial charge in [0.2, 0.25) is 0 Å². The van der Waals surface area contributed by atoms with Gasteiger partial charge >= 0.3 is 0 Å². The Hall–Kier alpha value is -1.20. The number of anilines is 1. The monoisotopic (exact) mass is 223 g/mol. The molecule has 2 heterocycles. The summed E-state index contributed by atoms with van der Waals surface area (Å²) in [5.74, 6) is 0.880. The van der Waals surface area contributed by atoms with Crippen LogP contribution in [0.5, 0.6) is 0 Å². The van der Waals surface area contributed by atoms with Crippen molar-refractivity contribution in [1.82, 2.24) is 9.97 Å². The van der Waals surface area contributed by atoms with Crippen LogP contribution in [-0.4, -0.2) is 29.7 Å². The maximum atomic E-state index is 5.16. The van der Waals surface area contributed by atoms with E-state index in [-0.39, 0.29) is 6.10 Å². The van der Waals surface area contributed by atoms with Gasteiger partial charge in [0, 0.05) is 13.7 Å². The number of fused-ring (bicyclic) bond motifs is 1. The van der Waals surface area contributed by atoms with E-state index in [1.165, 1.54) is 0 Å².